The largest absolute Gasteiger partial charge is 0.454 e. The van der Waals surface area contributed by atoms with E-state index in [1.54, 1.807) is 24.4 Å². The van der Waals surface area contributed by atoms with Gasteiger partial charge in [-0.25, -0.2) is 4.98 Å². The third kappa shape index (κ3) is 4.19. The standard InChI is InChI=1S/C20H18N4O4S/c1-13-4-2-3-5-15(13)24-9-8-21-20(24)29-11-18(25)22-23-19(26)14-6-7-16-17(10-14)28-12-27-16/h2-10H,11-12H2,1H3,(H,22,25)(H,23,26). The zero-order chi connectivity index (χ0) is 20.2. The van der Waals surface area contributed by atoms with Gasteiger partial charge >= 0.3 is 0 Å². The molecule has 29 heavy (non-hydrogen) atoms. The molecule has 2 amide bonds. The highest BCUT2D eigenvalue weighted by Gasteiger charge is 2.17. The number of fused-ring (bicyclic) bond motifs is 1. The molecule has 4 rings (SSSR count). The number of imidazole rings is 1. The summed E-state index contributed by atoms with van der Waals surface area (Å²) in [7, 11) is 0. The van der Waals surface area contributed by atoms with Crippen molar-refractivity contribution in [3.63, 3.8) is 0 Å². The monoisotopic (exact) mass is 410 g/mol. The fraction of sp³-hybridized carbons (Fsp3) is 0.150. The SMILES string of the molecule is Cc1ccccc1-n1ccnc1SCC(=O)NNC(=O)c1ccc2c(c1)OCO2. The molecule has 0 aliphatic carbocycles. The van der Waals surface area contributed by atoms with E-state index in [1.165, 1.54) is 11.8 Å². The maximum atomic E-state index is 12.2. The van der Waals surface area contributed by atoms with E-state index in [2.05, 4.69) is 15.8 Å². The molecule has 8 nitrogen and oxygen atoms in total. The molecule has 0 radical (unpaired) electrons. The zero-order valence-electron chi connectivity index (χ0n) is 15.5. The highest BCUT2D eigenvalue weighted by molar-refractivity contribution is 7.99. The molecule has 0 atom stereocenters. The normalized spacial score (nSPS) is 11.9. The van der Waals surface area contributed by atoms with Crippen molar-refractivity contribution < 1.29 is 19.1 Å². The van der Waals surface area contributed by atoms with Crippen LogP contribution in [-0.4, -0.2) is 33.9 Å². The van der Waals surface area contributed by atoms with Gasteiger partial charge in [0.05, 0.1) is 11.4 Å². The number of hydrogen-bond acceptors (Lipinski definition) is 6. The third-order valence-electron chi connectivity index (χ3n) is 4.26. The van der Waals surface area contributed by atoms with Gasteiger partial charge in [-0.15, -0.1) is 0 Å². The van der Waals surface area contributed by atoms with Crippen molar-refractivity contribution in [2.24, 2.45) is 0 Å². The molecule has 0 saturated heterocycles. The summed E-state index contributed by atoms with van der Waals surface area (Å²) in [5.41, 5.74) is 7.28. The van der Waals surface area contributed by atoms with Crippen molar-refractivity contribution in [3.05, 3.63) is 66.0 Å². The number of rotatable bonds is 5. The minimum Gasteiger partial charge on any atom is -0.454 e. The zero-order valence-corrected chi connectivity index (χ0v) is 16.4. The number of carbonyl (C=O) groups excluding carboxylic acids is 2. The Labute approximate surface area is 171 Å². The number of benzene rings is 2. The number of thioether (sulfide) groups is 1. The number of amides is 2. The minimum atomic E-state index is -0.442. The van der Waals surface area contributed by atoms with E-state index in [-0.39, 0.29) is 18.5 Å². The van der Waals surface area contributed by atoms with Crippen LogP contribution < -0.4 is 20.3 Å². The van der Waals surface area contributed by atoms with Crippen LogP contribution in [0.1, 0.15) is 15.9 Å². The maximum Gasteiger partial charge on any atom is 0.269 e. The van der Waals surface area contributed by atoms with Crippen LogP contribution in [0.2, 0.25) is 0 Å². The first-order valence-electron chi connectivity index (χ1n) is 8.83. The molecule has 3 aromatic rings. The summed E-state index contributed by atoms with van der Waals surface area (Å²) in [4.78, 5) is 28.7. The molecule has 0 fully saturated rings. The summed E-state index contributed by atoms with van der Waals surface area (Å²) in [6.07, 6.45) is 3.54. The molecule has 0 saturated carbocycles. The topological polar surface area (TPSA) is 94.5 Å². The second-order valence-corrected chi connectivity index (χ2v) is 7.17. The first-order valence-corrected chi connectivity index (χ1v) is 9.81. The Bertz CT molecular complexity index is 1070. The van der Waals surface area contributed by atoms with Crippen LogP contribution in [0.15, 0.2) is 60.0 Å². The van der Waals surface area contributed by atoms with Gasteiger partial charge in [-0.3, -0.25) is 25.0 Å². The molecular formula is C20H18N4O4S. The lowest BCUT2D eigenvalue weighted by atomic mass is 10.2. The van der Waals surface area contributed by atoms with Crippen LogP contribution in [-0.2, 0) is 4.79 Å². The van der Waals surface area contributed by atoms with Crippen LogP contribution in [0.25, 0.3) is 5.69 Å². The molecule has 1 aliphatic rings. The second kappa shape index (κ2) is 8.27. The molecule has 9 heteroatoms. The van der Waals surface area contributed by atoms with Gasteiger partial charge in [0, 0.05) is 18.0 Å². The van der Waals surface area contributed by atoms with Crippen molar-refractivity contribution in [1.29, 1.82) is 0 Å². The Kier molecular flexibility index (Phi) is 5.39. The van der Waals surface area contributed by atoms with E-state index in [0.29, 0.717) is 22.2 Å². The van der Waals surface area contributed by atoms with Crippen LogP contribution in [0.5, 0.6) is 11.5 Å². The lowest BCUT2D eigenvalue weighted by Crippen LogP contribution is -2.42. The van der Waals surface area contributed by atoms with Gasteiger partial charge in [0.25, 0.3) is 5.91 Å². The van der Waals surface area contributed by atoms with Gasteiger partial charge in [-0.1, -0.05) is 30.0 Å². The van der Waals surface area contributed by atoms with E-state index in [1.807, 2.05) is 42.0 Å². The average Bonchev–Trinajstić information content (AvgIpc) is 3.39. The van der Waals surface area contributed by atoms with Crippen molar-refractivity contribution >= 4 is 23.6 Å². The molecule has 0 spiro atoms. The Balaban J connectivity index is 1.32. The molecular weight excluding hydrogens is 392 g/mol. The molecule has 148 valence electrons. The summed E-state index contributed by atoms with van der Waals surface area (Å²) < 4.78 is 12.4. The lowest BCUT2D eigenvalue weighted by Gasteiger charge is -2.10. The van der Waals surface area contributed by atoms with Gasteiger partial charge in [0.15, 0.2) is 16.7 Å². The number of nitrogens with zero attached hydrogens (tertiary/aromatic N) is 2. The first-order chi connectivity index (χ1) is 14.1. The Morgan fingerprint density at radius 1 is 1.14 bits per heavy atom. The van der Waals surface area contributed by atoms with Crippen molar-refractivity contribution in [2.75, 3.05) is 12.5 Å². The number of carbonyl (C=O) groups is 2. The van der Waals surface area contributed by atoms with Gasteiger partial charge in [-0.2, -0.15) is 0 Å². The van der Waals surface area contributed by atoms with Crippen LogP contribution in [0.4, 0.5) is 0 Å². The minimum absolute atomic E-state index is 0.102. The molecule has 0 unspecified atom stereocenters. The summed E-state index contributed by atoms with van der Waals surface area (Å²) >= 11 is 1.28. The molecule has 2 aromatic carbocycles. The van der Waals surface area contributed by atoms with Crippen LogP contribution >= 0.6 is 11.8 Å². The van der Waals surface area contributed by atoms with Gasteiger partial charge < -0.3 is 9.47 Å². The van der Waals surface area contributed by atoms with Crippen molar-refractivity contribution in [3.8, 4) is 17.2 Å². The molecule has 2 heterocycles. The van der Waals surface area contributed by atoms with Gasteiger partial charge in [0.2, 0.25) is 12.7 Å². The van der Waals surface area contributed by atoms with E-state index in [4.69, 9.17) is 9.47 Å². The molecule has 0 bridgehead atoms. The maximum absolute atomic E-state index is 12.2. The predicted molar refractivity (Wildman–Crippen MR) is 107 cm³/mol. The van der Waals surface area contributed by atoms with Gasteiger partial charge in [0.1, 0.15) is 0 Å². The summed E-state index contributed by atoms with van der Waals surface area (Å²) in [6, 6.07) is 12.8. The number of hydrogen-bond donors (Lipinski definition) is 2. The summed E-state index contributed by atoms with van der Waals surface area (Å²) in [6.45, 7) is 2.15. The number of aryl methyl sites for hydroxylation is 1. The van der Waals surface area contributed by atoms with Crippen LogP contribution in [0.3, 0.4) is 0 Å². The summed E-state index contributed by atoms with van der Waals surface area (Å²) in [5.74, 6) is 0.407. The highest BCUT2D eigenvalue weighted by Crippen LogP contribution is 2.32. The smallest absolute Gasteiger partial charge is 0.269 e. The van der Waals surface area contributed by atoms with Crippen LogP contribution in [0, 0.1) is 6.92 Å². The molecule has 2 N–H and O–H groups in total. The number of hydrazine groups is 1. The predicted octanol–water partition coefficient (Wildman–Crippen LogP) is 2.46. The Hall–Kier alpha value is -3.46. The van der Waals surface area contributed by atoms with E-state index in [9.17, 15) is 9.59 Å². The number of ether oxygens (including phenoxy) is 2. The molecule has 1 aliphatic heterocycles. The first kappa shape index (κ1) is 18.9. The lowest BCUT2D eigenvalue weighted by molar-refractivity contribution is -0.119. The number of para-hydroxylation sites is 1. The number of aromatic nitrogens is 2. The summed E-state index contributed by atoms with van der Waals surface area (Å²) in [5, 5.41) is 0.691. The average molecular weight is 410 g/mol. The van der Waals surface area contributed by atoms with Gasteiger partial charge in [-0.05, 0) is 36.8 Å². The van der Waals surface area contributed by atoms with Crippen molar-refractivity contribution in [1.82, 2.24) is 20.4 Å². The fourth-order valence-corrected chi connectivity index (χ4v) is 3.58. The highest BCUT2D eigenvalue weighted by atomic mass is 32.2. The Morgan fingerprint density at radius 2 is 1.97 bits per heavy atom. The van der Waals surface area contributed by atoms with Crippen molar-refractivity contribution in [2.45, 2.75) is 12.1 Å². The second-order valence-electron chi connectivity index (χ2n) is 6.23. The third-order valence-corrected chi connectivity index (χ3v) is 5.23. The molecule has 1 aromatic heterocycles. The van der Waals surface area contributed by atoms with E-state index in [0.717, 1.165) is 11.3 Å². The number of nitrogens with one attached hydrogen (secondary N) is 2. The quantitative estimate of drug-likeness (QED) is 0.496. The van der Waals surface area contributed by atoms with E-state index >= 15 is 0 Å². The Morgan fingerprint density at radius 3 is 2.83 bits per heavy atom. The fourth-order valence-electron chi connectivity index (χ4n) is 2.82. The van der Waals surface area contributed by atoms with E-state index < -0.39 is 5.91 Å².